The monoisotopic (exact) mass is 559 g/mol. The fourth-order valence-electron chi connectivity index (χ4n) is 2.39. The number of carbonyl (C=O) groups excluding carboxylic acids is 1. The summed E-state index contributed by atoms with van der Waals surface area (Å²) in [6.45, 7) is 3.04. The average molecular weight is 560 g/mol. The van der Waals surface area contributed by atoms with Gasteiger partial charge >= 0.3 is 0 Å². The van der Waals surface area contributed by atoms with Gasteiger partial charge in [-0.25, -0.2) is 0 Å². The Kier molecular flexibility index (Phi) is 6.76. The lowest BCUT2D eigenvalue weighted by atomic mass is 10.2. The van der Waals surface area contributed by atoms with Gasteiger partial charge < -0.3 is 4.74 Å². The van der Waals surface area contributed by atoms with Crippen LogP contribution in [0.5, 0.6) is 5.75 Å². The summed E-state index contributed by atoms with van der Waals surface area (Å²) in [5.74, 6) is 0.805. The smallest absolute Gasteiger partial charge is 0.266 e. The highest BCUT2D eigenvalue weighted by molar-refractivity contribution is 14.1. The molecule has 2 aromatic rings. The highest BCUT2D eigenvalue weighted by atomic mass is 127. The fourth-order valence-corrected chi connectivity index (χ4v) is 4.73. The molecule has 0 bridgehead atoms. The molecule has 1 aliphatic heterocycles. The molecule has 1 saturated heterocycles. The van der Waals surface area contributed by atoms with Crippen molar-refractivity contribution in [1.82, 2.24) is 4.90 Å². The molecule has 1 amide bonds. The number of thiocarbonyl (C=S) groups is 1. The van der Waals surface area contributed by atoms with Gasteiger partial charge in [0.05, 0.1) is 8.48 Å². The third kappa shape index (κ3) is 4.68. The normalized spacial score (nSPS) is 15.8. The topological polar surface area (TPSA) is 29.5 Å². The minimum absolute atomic E-state index is 0.0203. The number of ether oxygens (including phenoxy) is 1. The van der Waals surface area contributed by atoms with E-state index >= 15 is 0 Å². The zero-order chi connectivity index (χ0) is 18.7. The van der Waals surface area contributed by atoms with Crippen LogP contribution in [0.2, 0.25) is 0 Å². The molecule has 0 aromatic heterocycles. The number of amides is 1. The first kappa shape index (κ1) is 19.9. The Hall–Kier alpha value is -0.900. The maximum absolute atomic E-state index is 12.3. The van der Waals surface area contributed by atoms with Crippen LogP contribution in [0.4, 0.5) is 0 Å². The SMILES string of the molecule is CCN1C(=O)/C(=C/c2ccc(OCc3ccc(Br)cc3)c(I)c2)SC1=S. The minimum Gasteiger partial charge on any atom is -0.488 e. The zero-order valence-corrected chi connectivity index (χ0v) is 19.2. The molecule has 1 heterocycles. The molecule has 134 valence electrons. The Balaban J connectivity index is 1.71. The van der Waals surface area contributed by atoms with Crippen molar-refractivity contribution in [2.45, 2.75) is 13.5 Å². The molecule has 3 rings (SSSR count). The number of likely N-dealkylation sites (N-methyl/N-ethyl adjacent to an activating group) is 1. The van der Waals surface area contributed by atoms with Crippen molar-refractivity contribution < 1.29 is 9.53 Å². The van der Waals surface area contributed by atoms with E-state index in [1.807, 2.05) is 55.5 Å². The lowest BCUT2D eigenvalue weighted by molar-refractivity contribution is -0.121. The van der Waals surface area contributed by atoms with E-state index in [-0.39, 0.29) is 5.91 Å². The Morgan fingerprint density at radius 2 is 2.00 bits per heavy atom. The van der Waals surface area contributed by atoms with Crippen molar-refractivity contribution in [3.05, 3.63) is 66.5 Å². The summed E-state index contributed by atoms with van der Waals surface area (Å²) >= 11 is 12.3. The number of rotatable bonds is 5. The Bertz CT molecular complexity index is 884. The van der Waals surface area contributed by atoms with Gasteiger partial charge in [0.2, 0.25) is 0 Å². The van der Waals surface area contributed by atoms with Crippen LogP contribution in [0.1, 0.15) is 18.1 Å². The first-order valence-corrected chi connectivity index (χ1v) is 11.0. The van der Waals surface area contributed by atoms with Crippen molar-refractivity contribution in [1.29, 1.82) is 0 Å². The van der Waals surface area contributed by atoms with E-state index in [2.05, 4.69) is 38.5 Å². The average Bonchev–Trinajstić information content (AvgIpc) is 2.88. The van der Waals surface area contributed by atoms with Crippen molar-refractivity contribution in [2.24, 2.45) is 0 Å². The van der Waals surface area contributed by atoms with Crippen molar-refractivity contribution in [3.8, 4) is 5.75 Å². The van der Waals surface area contributed by atoms with E-state index in [0.29, 0.717) is 22.4 Å². The summed E-state index contributed by atoms with van der Waals surface area (Å²) in [6, 6.07) is 14.0. The Labute approximate surface area is 184 Å². The number of halogens is 2. The number of thioether (sulfide) groups is 1. The number of benzene rings is 2. The van der Waals surface area contributed by atoms with Gasteiger partial charge in [-0.2, -0.15) is 0 Å². The van der Waals surface area contributed by atoms with E-state index in [1.165, 1.54) is 11.8 Å². The summed E-state index contributed by atoms with van der Waals surface area (Å²) in [5, 5.41) is 0. The summed E-state index contributed by atoms with van der Waals surface area (Å²) in [4.78, 5) is 14.6. The molecule has 26 heavy (non-hydrogen) atoms. The van der Waals surface area contributed by atoms with E-state index < -0.39 is 0 Å². The van der Waals surface area contributed by atoms with Gasteiger partial charge in [0.25, 0.3) is 5.91 Å². The molecule has 1 fully saturated rings. The maximum Gasteiger partial charge on any atom is 0.266 e. The molecule has 0 N–H and O–H groups in total. The molecule has 0 saturated carbocycles. The van der Waals surface area contributed by atoms with Crippen LogP contribution in [0.15, 0.2) is 51.8 Å². The number of nitrogens with zero attached hydrogens (tertiary/aromatic N) is 1. The third-order valence-corrected chi connectivity index (χ3v) is 6.50. The van der Waals surface area contributed by atoms with Gasteiger partial charge in [-0.3, -0.25) is 9.69 Å². The van der Waals surface area contributed by atoms with Crippen LogP contribution < -0.4 is 4.74 Å². The standard InChI is InChI=1S/C19H15BrINO2S2/c1-2-22-18(23)17(26-19(22)25)10-13-5-8-16(15(21)9-13)24-11-12-3-6-14(20)7-4-12/h3-10H,2,11H2,1H3/b17-10-. The second-order valence-corrected chi connectivity index (χ2v) is 9.28. The summed E-state index contributed by atoms with van der Waals surface area (Å²) in [6.07, 6.45) is 1.88. The molecule has 0 unspecified atom stereocenters. The highest BCUT2D eigenvalue weighted by Gasteiger charge is 2.30. The number of hydrogen-bond acceptors (Lipinski definition) is 4. The lowest BCUT2D eigenvalue weighted by Crippen LogP contribution is -2.27. The van der Waals surface area contributed by atoms with Crippen LogP contribution in [-0.4, -0.2) is 21.7 Å². The Morgan fingerprint density at radius 1 is 1.27 bits per heavy atom. The summed E-state index contributed by atoms with van der Waals surface area (Å²) in [7, 11) is 0. The molecule has 1 aliphatic rings. The maximum atomic E-state index is 12.3. The van der Waals surface area contributed by atoms with Gasteiger partial charge in [0.1, 0.15) is 16.7 Å². The van der Waals surface area contributed by atoms with E-state index in [4.69, 9.17) is 17.0 Å². The van der Waals surface area contributed by atoms with Crippen LogP contribution in [0.25, 0.3) is 6.08 Å². The molecular formula is C19H15BrINO2S2. The van der Waals surface area contributed by atoms with Crippen LogP contribution in [0, 0.1) is 3.57 Å². The second-order valence-electron chi connectivity index (χ2n) is 5.53. The molecular weight excluding hydrogens is 545 g/mol. The third-order valence-electron chi connectivity index (χ3n) is 3.75. The highest BCUT2D eigenvalue weighted by Crippen LogP contribution is 2.33. The zero-order valence-electron chi connectivity index (χ0n) is 13.9. The molecule has 7 heteroatoms. The molecule has 3 nitrogen and oxygen atoms in total. The molecule has 0 radical (unpaired) electrons. The van der Waals surface area contributed by atoms with E-state index in [0.717, 1.165) is 24.9 Å². The fraction of sp³-hybridized carbons (Fsp3) is 0.158. The first-order valence-electron chi connectivity index (χ1n) is 7.90. The van der Waals surface area contributed by atoms with E-state index in [1.54, 1.807) is 4.90 Å². The van der Waals surface area contributed by atoms with Gasteiger partial charge in [-0.15, -0.1) is 0 Å². The molecule has 0 aliphatic carbocycles. The minimum atomic E-state index is -0.0203. The van der Waals surface area contributed by atoms with E-state index in [9.17, 15) is 4.79 Å². The quantitative estimate of drug-likeness (QED) is 0.261. The van der Waals surface area contributed by atoms with Gasteiger partial charge in [0.15, 0.2) is 0 Å². The largest absolute Gasteiger partial charge is 0.488 e. The van der Waals surface area contributed by atoms with Gasteiger partial charge in [0, 0.05) is 11.0 Å². The summed E-state index contributed by atoms with van der Waals surface area (Å²) < 4.78 is 8.58. The van der Waals surface area contributed by atoms with Crippen molar-refractivity contribution in [3.63, 3.8) is 0 Å². The van der Waals surface area contributed by atoms with Crippen molar-refractivity contribution >= 4 is 78.8 Å². The van der Waals surface area contributed by atoms with Gasteiger partial charge in [-0.05, 0) is 71.0 Å². The predicted molar refractivity (Wildman–Crippen MR) is 123 cm³/mol. The Morgan fingerprint density at radius 3 is 2.62 bits per heavy atom. The van der Waals surface area contributed by atoms with Crippen LogP contribution in [-0.2, 0) is 11.4 Å². The lowest BCUT2D eigenvalue weighted by Gasteiger charge is -2.10. The first-order chi connectivity index (χ1) is 12.5. The molecule has 0 spiro atoms. The second kappa shape index (κ2) is 8.86. The molecule has 2 aromatic carbocycles. The van der Waals surface area contributed by atoms with Gasteiger partial charge in [-0.1, -0.05) is 58.1 Å². The predicted octanol–water partition coefficient (Wildman–Crippen LogP) is 5.85. The van der Waals surface area contributed by atoms with Crippen LogP contribution in [0.3, 0.4) is 0 Å². The van der Waals surface area contributed by atoms with Crippen molar-refractivity contribution in [2.75, 3.05) is 6.54 Å². The number of carbonyl (C=O) groups is 1. The summed E-state index contributed by atoms with van der Waals surface area (Å²) in [5.41, 5.74) is 2.07. The van der Waals surface area contributed by atoms with Crippen LogP contribution >= 0.6 is 62.5 Å². The molecule has 0 atom stereocenters. The number of hydrogen-bond donors (Lipinski definition) is 0.